The maximum atomic E-state index is 12.9. The van der Waals surface area contributed by atoms with Gasteiger partial charge < -0.3 is 10.2 Å². The Labute approximate surface area is 190 Å². The van der Waals surface area contributed by atoms with Crippen molar-refractivity contribution in [2.75, 3.05) is 24.3 Å². The Kier molecular flexibility index (Phi) is 6.00. The predicted octanol–water partition coefficient (Wildman–Crippen LogP) is 7.00. The Hall–Kier alpha value is -3.59. The van der Waals surface area contributed by atoms with Crippen LogP contribution in [0.15, 0.2) is 72.8 Å². The Morgan fingerprint density at radius 2 is 1.53 bits per heavy atom. The molecule has 0 fully saturated rings. The second-order valence-electron chi connectivity index (χ2n) is 8.55. The van der Waals surface area contributed by atoms with Crippen molar-refractivity contribution in [3.8, 4) is 11.1 Å². The zero-order valence-electron chi connectivity index (χ0n) is 19.5. The average Bonchev–Trinajstić information content (AvgIpc) is 2.80. The third-order valence-corrected chi connectivity index (χ3v) is 6.15. The maximum Gasteiger partial charge on any atom is 0.255 e. The van der Waals surface area contributed by atoms with E-state index in [-0.39, 0.29) is 5.91 Å². The molecule has 0 saturated carbocycles. The summed E-state index contributed by atoms with van der Waals surface area (Å²) in [6.07, 6.45) is 0.989. The second kappa shape index (κ2) is 8.88. The van der Waals surface area contributed by atoms with E-state index in [0.29, 0.717) is 5.56 Å². The number of carbonyl (C=O) groups excluding carboxylic acids is 1. The van der Waals surface area contributed by atoms with E-state index in [4.69, 9.17) is 0 Å². The summed E-state index contributed by atoms with van der Waals surface area (Å²) >= 11 is 0. The summed E-state index contributed by atoms with van der Waals surface area (Å²) in [6, 6.07) is 24.9. The molecule has 0 unspecified atom stereocenters. The Morgan fingerprint density at radius 1 is 0.812 bits per heavy atom. The first kappa shape index (κ1) is 21.6. The fourth-order valence-electron chi connectivity index (χ4n) is 4.28. The number of aryl methyl sites for hydroxylation is 3. The van der Waals surface area contributed by atoms with Crippen molar-refractivity contribution in [1.82, 2.24) is 0 Å². The molecule has 162 valence electrons. The topological polar surface area (TPSA) is 32.3 Å². The SMILES string of the molecule is CCc1cc(-c2ccc3c(NC(=O)c4ccccc4C)ccc(C)c3c2)ccc1N(C)C. The van der Waals surface area contributed by atoms with Gasteiger partial charge in [0.15, 0.2) is 0 Å². The van der Waals surface area contributed by atoms with Gasteiger partial charge >= 0.3 is 0 Å². The summed E-state index contributed by atoms with van der Waals surface area (Å²) < 4.78 is 0. The van der Waals surface area contributed by atoms with Gasteiger partial charge in [-0.25, -0.2) is 0 Å². The predicted molar refractivity (Wildman–Crippen MR) is 137 cm³/mol. The van der Waals surface area contributed by atoms with E-state index < -0.39 is 0 Å². The third-order valence-electron chi connectivity index (χ3n) is 6.15. The van der Waals surface area contributed by atoms with Crippen LogP contribution in [0.5, 0.6) is 0 Å². The molecule has 3 nitrogen and oxygen atoms in total. The Bertz CT molecular complexity index is 1300. The van der Waals surface area contributed by atoms with Gasteiger partial charge in [0.1, 0.15) is 0 Å². The number of amides is 1. The molecule has 0 aliphatic carbocycles. The Balaban J connectivity index is 1.74. The number of hydrogen-bond acceptors (Lipinski definition) is 2. The van der Waals surface area contributed by atoms with Gasteiger partial charge in [0.05, 0.1) is 0 Å². The van der Waals surface area contributed by atoms with Crippen LogP contribution in [0.4, 0.5) is 11.4 Å². The minimum Gasteiger partial charge on any atom is -0.377 e. The van der Waals surface area contributed by atoms with Crippen LogP contribution in [0.25, 0.3) is 21.9 Å². The number of anilines is 2. The molecule has 4 aromatic rings. The lowest BCUT2D eigenvalue weighted by Crippen LogP contribution is -2.13. The molecule has 32 heavy (non-hydrogen) atoms. The molecule has 1 N–H and O–H groups in total. The summed E-state index contributed by atoms with van der Waals surface area (Å²) in [5.74, 6) is -0.0795. The molecule has 0 aliphatic heterocycles. The van der Waals surface area contributed by atoms with Crippen molar-refractivity contribution in [3.63, 3.8) is 0 Å². The number of nitrogens with zero attached hydrogens (tertiary/aromatic N) is 1. The standard InChI is InChI=1S/C29H30N2O/c1-6-21-17-22(13-16-28(21)31(4)5)23-12-14-25-26(18-23)20(3)11-15-27(25)30-29(32)24-10-8-7-9-19(24)2/h7-18H,6H2,1-5H3,(H,30,32). The van der Waals surface area contributed by atoms with Crippen molar-refractivity contribution in [2.45, 2.75) is 27.2 Å². The van der Waals surface area contributed by atoms with Crippen LogP contribution in [0.2, 0.25) is 0 Å². The van der Waals surface area contributed by atoms with E-state index in [1.54, 1.807) is 0 Å². The van der Waals surface area contributed by atoms with Gasteiger partial charge in [-0.1, -0.05) is 49.4 Å². The van der Waals surface area contributed by atoms with Gasteiger partial charge in [0.25, 0.3) is 5.91 Å². The van der Waals surface area contributed by atoms with Crippen molar-refractivity contribution < 1.29 is 4.79 Å². The largest absolute Gasteiger partial charge is 0.377 e. The smallest absolute Gasteiger partial charge is 0.255 e. The van der Waals surface area contributed by atoms with E-state index in [0.717, 1.165) is 28.4 Å². The number of fused-ring (bicyclic) bond motifs is 1. The van der Waals surface area contributed by atoms with E-state index >= 15 is 0 Å². The molecule has 3 heteroatoms. The first-order valence-corrected chi connectivity index (χ1v) is 11.1. The molecular weight excluding hydrogens is 392 g/mol. The minimum absolute atomic E-state index is 0.0795. The van der Waals surface area contributed by atoms with Gasteiger partial charge in [-0.15, -0.1) is 0 Å². The summed E-state index contributed by atoms with van der Waals surface area (Å²) in [5, 5.41) is 5.33. The summed E-state index contributed by atoms with van der Waals surface area (Å²) in [5.41, 5.74) is 8.69. The molecule has 1 amide bonds. The normalized spacial score (nSPS) is 10.9. The molecule has 4 rings (SSSR count). The highest BCUT2D eigenvalue weighted by Gasteiger charge is 2.13. The monoisotopic (exact) mass is 422 g/mol. The lowest BCUT2D eigenvalue weighted by Gasteiger charge is -2.18. The van der Waals surface area contributed by atoms with E-state index in [9.17, 15) is 4.79 Å². The van der Waals surface area contributed by atoms with E-state index in [1.165, 1.54) is 27.9 Å². The van der Waals surface area contributed by atoms with Gasteiger partial charge in [0.2, 0.25) is 0 Å². The van der Waals surface area contributed by atoms with Crippen LogP contribution >= 0.6 is 0 Å². The lowest BCUT2D eigenvalue weighted by molar-refractivity contribution is 0.102. The van der Waals surface area contributed by atoms with E-state index in [2.05, 4.69) is 80.6 Å². The molecule has 0 saturated heterocycles. The zero-order chi connectivity index (χ0) is 22.8. The van der Waals surface area contributed by atoms with Crippen LogP contribution in [-0.4, -0.2) is 20.0 Å². The van der Waals surface area contributed by atoms with E-state index in [1.807, 2.05) is 37.3 Å². The molecule has 0 atom stereocenters. The second-order valence-corrected chi connectivity index (χ2v) is 8.55. The minimum atomic E-state index is -0.0795. The fourth-order valence-corrected chi connectivity index (χ4v) is 4.28. The van der Waals surface area contributed by atoms with Crippen LogP contribution in [0.1, 0.15) is 34.0 Å². The van der Waals surface area contributed by atoms with Crippen molar-refractivity contribution in [3.05, 3.63) is 95.1 Å². The molecule has 0 spiro atoms. The molecule has 0 bridgehead atoms. The molecule has 0 aliphatic rings. The number of rotatable bonds is 5. The summed E-state index contributed by atoms with van der Waals surface area (Å²) in [7, 11) is 4.17. The van der Waals surface area contributed by atoms with Crippen LogP contribution in [0.3, 0.4) is 0 Å². The first-order valence-electron chi connectivity index (χ1n) is 11.1. The van der Waals surface area contributed by atoms with Gasteiger partial charge in [-0.2, -0.15) is 0 Å². The molecule has 0 aromatic heterocycles. The summed E-state index contributed by atoms with van der Waals surface area (Å²) in [6.45, 7) is 6.27. The van der Waals surface area contributed by atoms with Gasteiger partial charge in [-0.3, -0.25) is 4.79 Å². The fraction of sp³-hybridized carbons (Fsp3) is 0.207. The van der Waals surface area contributed by atoms with Crippen LogP contribution in [0, 0.1) is 13.8 Å². The maximum absolute atomic E-state index is 12.9. The van der Waals surface area contributed by atoms with Crippen molar-refractivity contribution in [2.24, 2.45) is 0 Å². The number of benzene rings is 4. The first-order chi connectivity index (χ1) is 15.4. The molecule has 0 heterocycles. The van der Waals surface area contributed by atoms with Crippen molar-refractivity contribution >= 4 is 28.1 Å². The highest BCUT2D eigenvalue weighted by atomic mass is 16.1. The molecule has 4 aromatic carbocycles. The third kappa shape index (κ3) is 4.11. The molecular formula is C29H30N2O. The highest BCUT2D eigenvalue weighted by Crippen LogP contribution is 2.33. The highest BCUT2D eigenvalue weighted by molar-refractivity contribution is 6.10. The number of carbonyl (C=O) groups is 1. The lowest BCUT2D eigenvalue weighted by atomic mass is 9.95. The summed E-state index contributed by atoms with van der Waals surface area (Å²) in [4.78, 5) is 15.1. The van der Waals surface area contributed by atoms with Gasteiger partial charge in [0, 0.05) is 36.4 Å². The zero-order valence-corrected chi connectivity index (χ0v) is 19.5. The number of hydrogen-bond donors (Lipinski definition) is 1. The number of nitrogens with one attached hydrogen (secondary N) is 1. The van der Waals surface area contributed by atoms with Crippen molar-refractivity contribution in [1.29, 1.82) is 0 Å². The quantitative estimate of drug-likeness (QED) is 0.375. The van der Waals surface area contributed by atoms with Crippen LogP contribution in [-0.2, 0) is 6.42 Å². The van der Waals surface area contributed by atoms with Gasteiger partial charge in [-0.05, 0) is 83.8 Å². The van der Waals surface area contributed by atoms with Crippen LogP contribution < -0.4 is 10.2 Å². The molecule has 0 radical (unpaired) electrons. The Morgan fingerprint density at radius 3 is 2.25 bits per heavy atom. The average molecular weight is 423 g/mol.